The van der Waals surface area contributed by atoms with Crippen LogP contribution in [0.1, 0.15) is 40.9 Å². The molecule has 0 bridgehead atoms. The summed E-state index contributed by atoms with van der Waals surface area (Å²) in [7, 11) is 0. The standard InChI is InChI=1S/C17H22N2O2/c1-11-5-4-6-14(7-11)12(2)19-9-16-15(10-20)8-18-13(3)17(16)21/h4-8,12,19-21H,9-10H2,1-3H3/t12-/m0/s1. The molecule has 1 atom stereocenters. The first kappa shape index (κ1) is 15.5. The minimum Gasteiger partial charge on any atom is -0.506 e. The number of nitrogens with zero attached hydrogens (tertiary/aromatic N) is 1. The van der Waals surface area contributed by atoms with Gasteiger partial charge in [-0.1, -0.05) is 29.8 Å². The molecule has 2 rings (SSSR count). The lowest BCUT2D eigenvalue weighted by molar-refractivity contribution is 0.278. The Balaban J connectivity index is 2.14. The predicted octanol–water partition coefficient (Wildman–Crippen LogP) is 2.75. The van der Waals surface area contributed by atoms with E-state index in [1.165, 1.54) is 11.1 Å². The fourth-order valence-electron chi connectivity index (χ4n) is 2.33. The predicted molar refractivity (Wildman–Crippen MR) is 83.0 cm³/mol. The molecular weight excluding hydrogens is 264 g/mol. The zero-order valence-corrected chi connectivity index (χ0v) is 12.7. The number of nitrogens with one attached hydrogen (secondary N) is 1. The lowest BCUT2D eigenvalue weighted by Gasteiger charge is -2.17. The van der Waals surface area contributed by atoms with E-state index in [0.717, 1.165) is 0 Å². The van der Waals surface area contributed by atoms with E-state index < -0.39 is 0 Å². The van der Waals surface area contributed by atoms with Gasteiger partial charge in [0.1, 0.15) is 5.75 Å². The minimum atomic E-state index is -0.128. The Labute approximate surface area is 125 Å². The number of rotatable bonds is 5. The molecule has 0 spiro atoms. The molecule has 0 saturated carbocycles. The van der Waals surface area contributed by atoms with Crippen molar-refractivity contribution in [2.45, 2.75) is 40.0 Å². The van der Waals surface area contributed by atoms with Crippen molar-refractivity contribution in [3.05, 3.63) is 58.4 Å². The molecule has 0 aliphatic carbocycles. The van der Waals surface area contributed by atoms with Gasteiger partial charge >= 0.3 is 0 Å². The van der Waals surface area contributed by atoms with Crippen molar-refractivity contribution in [1.29, 1.82) is 0 Å². The highest BCUT2D eigenvalue weighted by molar-refractivity contribution is 5.40. The summed E-state index contributed by atoms with van der Waals surface area (Å²) in [6.07, 6.45) is 1.61. The summed E-state index contributed by atoms with van der Waals surface area (Å²) < 4.78 is 0. The van der Waals surface area contributed by atoms with Gasteiger partial charge in [-0.25, -0.2) is 0 Å². The molecule has 0 radical (unpaired) electrons. The summed E-state index contributed by atoms with van der Waals surface area (Å²) in [4.78, 5) is 4.07. The normalized spacial score (nSPS) is 12.4. The molecule has 1 aromatic heterocycles. The van der Waals surface area contributed by atoms with Gasteiger partial charge in [-0.05, 0) is 26.3 Å². The fraction of sp³-hybridized carbons (Fsp3) is 0.353. The van der Waals surface area contributed by atoms with E-state index in [1.54, 1.807) is 13.1 Å². The molecule has 0 fully saturated rings. The van der Waals surface area contributed by atoms with Crippen LogP contribution in [-0.4, -0.2) is 15.2 Å². The third-order valence-corrected chi connectivity index (χ3v) is 3.73. The molecule has 4 nitrogen and oxygen atoms in total. The van der Waals surface area contributed by atoms with Crippen molar-refractivity contribution in [1.82, 2.24) is 10.3 Å². The van der Waals surface area contributed by atoms with E-state index >= 15 is 0 Å². The van der Waals surface area contributed by atoms with E-state index in [-0.39, 0.29) is 18.4 Å². The van der Waals surface area contributed by atoms with Crippen LogP contribution in [-0.2, 0) is 13.2 Å². The summed E-state index contributed by atoms with van der Waals surface area (Å²) in [5.41, 5.74) is 4.37. The number of benzene rings is 1. The average Bonchev–Trinajstić information content (AvgIpc) is 2.48. The van der Waals surface area contributed by atoms with E-state index in [2.05, 4.69) is 42.3 Å². The summed E-state index contributed by atoms with van der Waals surface area (Å²) in [5, 5.41) is 22.9. The summed E-state index contributed by atoms with van der Waals surface area (Å²) >= 11 is 0. The van der Waals surface area contributed by atoms with E-state index in [1.807, 2.05) is 6.07 Å². The highest BCUT2D eigenvalue weighted by Gasteiger charge is 2.13. The molecule has 0 aliphatic heterocycles. The quantitative estimate of drug-likeness (QED) is 0.790. The number of pyridine rings is 1. The number of aromatic hydroxyl groups is 1. The molecule has 0 unspecified atom stereocenters. The van der Waals surface area contributed by atoms with E-state index in [0.29, 0.717) is 23.4 Å². The topological polar surface area (TPSA) is 65.4 Å². The second kappa shape index (κ2) is 6.70. The highest BCUT2D eigenvalue weighted by Crippen LogP contribution is 2.24. The second-order valence-electron chi connectivity index (χ2n) is 5.37. The van der Waals surface area contributed by atoms with Crippen LogP contribution in [0.4, 0.5) is 0 Å². The van der Waals surface area contributed by atoms with Gasteiger partial charge in [0.15, 0.2) is 0 Å². The van der Waals surface area contributed by atoms with Crippen LogP contribution in [0.15, 0.2) is 30.5 Å². The third-order valence-electron chi connectivity index (χ3n) is 3.73. The van der Waals surface area contributed by atoms with Crippen molar-refractivity contribution in [3.8, 4) is 5.75 Å². The first-order valence-electron chi connectivity index (χ1n) is 7.10. The van der Waals surface area contributed by atoms with Crippen LogP contribution in [0.3, 0.4) is 0 Å². The van der Waals surface area contributed by atoms with Gasteiger partial charge in [0, 0.05) is 29.9 Å². The van der Waals surface area contributed by atoms with Crippen LogP contribution in [0, 0.1) is 13.8 Å². The molecule has 1 aromatic carbocycles. The maximum absolute atomic E-state index is 10.1. The molecule has 0 saturated heterocycles. The molecule has 2 aromatic rings. The molecular formula is C17H22N2O2. The maximum atomic E-state index is 10.1. The number of hydrogen-bond donors (Lipinski definition) is 3. The first-order chi connectivity index (χ1) is 10.0. The van der Waals surface area contributed by atoms with Gasteiger partial charge in [-0.15, -0.1) is 0 Å². The van der Waals surface area contributed by atoms with Crippen LogP contribution in [0.25, 0.3) is 0 Å². The van der Waals surface area contributed by atoms with Crippen molar-refractivity contribution >= 4 is 0 Å². The van der Waals surface area contributed by atoms with Crippen LogP contribution < -0.4 is 5.32 Å². The summed E-state index contributed by atoms with van der Waals surface area (Å²) in [6.45, 7) is 6.26. The van der Waals surface area contributed by atoms with Gasteiger partial charge in [-0.3, -0.25) is 4.98 Å². The van der Waals surface area contributed by atoms with Crippen LogP contribution in [0.2, 0.25) is 0 Å². The number of aliphatic hydroxyl groups is 1. The Morgan fingerprint density at radius 2 is 2.05 bits per heavy atom. The fourth-order valence-corrected chi connectivity index (χ4v) is 2.33. The van der Waals surface area contributed by atoms with Crippen LogP contribution in [0.5, 0.6) is 5.75 Å². The summed E-state index contributed by atoms with van der Waals surface area (Å²) in [5.74, 6) is 0.158. The van der Waals surface area contributed by atoms with Crippen molar-refractivity contribution in [2.24, 2.45) is 0 Å². The lowest BCUT2D eigenvalue weighted by Crippen LogP contribution is -2.19. The van der Waals surface area contributed by atoms with E-state index in [9.17, 15) is 10.2 Å². The Bertz CT molecular complexity index is 626. The molecule has 3 N–H and O–H groups in total. The zero-order valence-electron chi connectivity index (χ0n) is 12.7. The second-order valence-corrected chi connectivity index (χ2v) is 5.37. The molecule has 21 heavy (non-hydrogen) atoms. The first-order valence-corrected chi connectivity index (χ1v) is 7.10. The Morgan fingerprint density at radius 1 is 1.29 bits per heavy atom. The van der Waals surface area contributed by atoms with Gasteiger partial charge < -0.3 is 15.5 Å². The van der Waals surface area contributed by atoms with E-state index in [4.69, 9.17) is 0 Å². The number of aliphatic hydroxyl groups excluding tert-OH is 1. The van der Waals surface area contributed by atoms with Crippen molar-refractivity contribution in [3.63, 3.8) is 0 Å². The van der Waals surface area contributed by atoms with Crippen LogP contribution >= 0.6 is 0 Å². The highest BCUT2D eigenvalue weighted by atomic mass is 16.3. The van der Waals surface area contributed by atoms with Gasteiger partial charge in [0.25, 0.3) is 0 Å². The van der Waals surface area contributed by atoms with Gasteiger partial charge in [0.2, 0.25) is 0 Å². The SMILES string of the molecule is Cc1cccc([C@H](C)NCc2c(CO)cnc(C)c2O)c1. The van der Waals surface area contributed by atoms with Crippen molar-refractivity contribution < 1.29 is 10.2 Å². The number of aromatic nitrogens is 1. The van der Waals surface area contributed by atoms with Gasteiger partial charge in [0.05, 0.1) is 12.3 Å². The summed E-state index contributed by atoms with van der Waals surface area (Å²) in [6, 6.07) is 8.48. The average molecular weight is 286 g/mol. The number of hydrogen-bond acceptors (Lipinski definition) is 4. The Morgan fingerprint density at radius 3 is 2.71 bits per heavy atom. The van der Waals surface area contributed by atoms with Gasteiger partial charge in [-0.2, -0.15) is 0 Å². The Hall–Kier alpha value is -1.91. The molecule has 112 valence electrons. The monoisotopic (exact) mass is 286 g/mol. The largest absolute Gasteiger partial charge is 0.506 e. The smallest absolute Gasteiger partial charge is 0.141 e. The third kappa shape index (κ3) is 3.60. The molecule has 1 heterocycles. The molecule has 0 aliphatic rings. The van der Waals surface area contributed by atoms with Crippen molar-refractivity contribution in [2.75, 3.05) is 0 Å². The molecule has 4 heteroatoms. The minimum absolute atomic E-state index is 0.128. The zero-order chi connectivity index (χ0) is 15.4. The Kier molecular flexibility index (Phi) is 4.94. The maximum Gasteiger partial charge on any atom is 0.141 e. The molecule has 0 amide bonds. The lowest BCUT2D eigenvalue weighted by atomic mass is 10.0. The number of aryl methyl sites for hydroxylation is 2.